The van der Waals surface area contributed by atoms with Gasteiger partial charge in [0, 0.05) is 42.9 Å². The Hall–Kier alpha value is -2.56. The van der Waals surface area contributed by atoms with E-state index in [4.69, 9.17) is 26.4 Å². The number of rotatable bonds is 13. The maximum absolute atomic E-state index is 12.1. The summed E-state index contributed by atoms with van der Waals surface area (Å²) in [4.78, 5) is 15.9. The molecule has 3 heterocycles. The zero-order valence-corrected chi connectivity index (χ0v) is 22.3. The van der Waals surface area contributed by atoms with E-state index in [0.717, 1.165) is 35.8 Å². The van der Waals surface area contributed by atoms with E-state index in [-0.39, 0.29) is 12.7 Å². The second kappa shape index (κ2) is 14.2. The van der Waals surface area contributed by atoms with Gasteiger partial charge in [-0.2, -0.15) is 0 Å². The van der Waals surface area contributed by atoms with E-state index >= 15 is 0 Å². The van der Waals surface area contributed by atoms with Crippen LogP contribution in [0.2, 0.25) is 0 Å². The van der Waals surface area contributed by atoms with Gasteiger partial charge in [-0.3, -0.25) is 9.69 Å². The summed E-state index contributed by atoms with van der Waals surface area (Å²) in [5.74, 6) is 2.52. The van der Waals surface area contributed by atoms with Gasteiger partial charge in [-0.25, -0.2) is 0 Å². The number of benzene rings is 1. The van der Waals surface area contributed by atoms with E-state index in [0.29, 0.717) is 44.2 Å². The van der Waals surface area contributed by atoms with E-state index in [1.165, 1.54) is 37.2 Å². The largest absolute Gasteiger partial charge is 0.493 e. The molecule has 0 unspecified atom stereocenters. The first kappa shape index (κ1) is 26.5. The maximum atomic E-state index is 12.1. The van der Waals surface area contributed by atoms with Crippen molar-refractivity contribution in [2.45, 2.75) is 51.6 Å². The molecule has 36 heavy (non-hydrogen) atoms. The number of hydrogen-bond acceptors (Lipinski definition) is 7. The Balaban J connectivity index is 0.984. The average molecular weight is 533 g/mol. The van der Waals surface area contributed by atoms with Gasteiger partial charge in [-0.1, -0.05) is 12.5 Å². The molecule has 0 saturated carbocycles. The molecule has 1 saturated heterocycles. The normalized spacial score (nSPS) is 14.9. The second-order valence-electron chi connectivity index (χ2n) is 9.04. The van der Waals surface area contributed by atoms with Crippen LogP contribution < -0.4 is 30.2 Å². The van der Waals surface area contributed by atoms with Crippen LogP contribution in [0.25, 0.3) is 0 Å². The SMILES string of the molecule is O=C(CCCNC(=S)NCc1ccc2c(c1)OCO2)NCCCOc1csc(CN2CCCCC2)c1. The fourth-order valence-electron chi connectivity index (χ4n) is 4.18. The monoisotopic (exact) mass is 532 g/mol. The number of thiocarbonyl (C=S) groups is 1. The van der Waals surface area contributed by atoms with Crippen molar-refractivity contribution in [1.82, 2.24) is 20.9 Å². The number of ether oxygens (including phenoxy) is 3. The molecule has 1 fully saturated rings. The van der Waals surface area contributed by atoms with Crippen molar-refractivity contribution < 1.29 is 19.0 Å². The molecule has 4 rings (SSSR count). The van der Waals surface area contributed by atoms with Gasteiger partial charge >= 0.3 is 0 Å². The van der Waals surface area contributed by atoms with Gasteiger partial charge < -0.3 is 30.2 Å². The predicted molar refractivity (Wildman–Crippen MR) is 146 cm³/mol. The van der Waals surface area contributed by atoms with Crippen LogP contribution in [-0.4, -0.2) is 55.5 Å². The Labute approximate surface area is 222 Å². The van der Waals surface area contributed by atoms with Crippen LogP contribution in [0.4, 0.5) is 0 Å². The fraction of sp³-hybridized carbons (Fsp3) is 0.538. The predicted octanol–water partition coefficient (Wildman–Crippen LogP) is 3.79. The first-order chi connectivity index (χ1) is 17.7. The number of thiophene rings is 1. The summed E-state index contributed by atoms with van der Waals surface area (Å²) in [6.07, 6.45) is 5.94. The molecule has 0 bridgehead atoms. The summed E-state index contributed by atoms with van der Waals surface area (Å²) >= 11 is 7.08. The van der Waals surface area contributed by atoms with Gasteiger partial charge in [-0.15, -0.1) is 11.3 Å². The zero-order valence-electron chi connectivity index (χ0n) is 20.7. The summed E-state index contributed by atoms with van der Waals surface area (Å²) in [5.41, 5.74) is 1.06. The zero-order chi connectivity index (χ0) is 25.0. The number of carbonyl (C=O) groups is 1. The summed E-state index contributed by atoms with van der Waals surface area (Å²) in [5, 5.41) is 11.9. The lowest BCUT2D eigenvalue weighted by Gasteiger charge is -2.25. The Morgan fingerprint density at radius 2 is 1.86 bits per heavy atom. The number of fused-ring (bicyclic) bond motifs is 1. The lowest BCUT2D eigenvalue weighted by atomic mass is 10.1. The lowest BCUT2D eigenvalue weighted by Crippen LogP contribution is -2.35. The van der Waals surface area contributed by atoms with E-state index in [1.54, 1.807) is 11.3 Å². The number of amides is 1. The summed E-state index contributed by atoms with van der Waals surface area (Å²) in [6, 6.07) is 7.98. The Kier molecular flexibility index (Phi) is 10.5. The highest BCUT2D eigenvalue weighted by Gasteiger charge is 2.13. The molecular weight excluding hydrogens is 496 g/mol. The minimum atomic E-state index is 0.0513. The van der Waals surface area contributed by atoms with Crippen molar-refractivity contribution in [3.8, 4) is 17.2 Å². The van der Waals surface area contributed by atoms with E-state index < -0.39 is 0 Å². The molecule has 0 atom stereocenters. The van der Waals surface area contributed by atoms with Gasteiger partial charge in [-0.05, 0) is 74.8 Å². The third-order valence-corrected chi connectivity index (χ3v) is 7.31. The number of piperidine rings is 1. The van der Waals surface area contributed by atoms with Crippen LogP contribution in [-0.2, 0) is 17.9 Å². The highest BCUT2D eigenvalue weighted by atomic mass is 32.1. The number of nitrogens with zero attached hydrogens (tertiary/aromatic N) is 1. The third kappa shape index (κ3) is 8.83. The van der Waals surface area contributed by atoms with Crippen LogP contribution in [0.5, 0.6) is 17.2 Å². The second-order valence-corrected chi connectivity index (χ2v) is 10.4. The van der Waals surface area contributed by atoms with Crippen molar-refractivity contribution in [3.63, 3.8) is 0 Å². The van der Waals surface area contributed by atoms with Gasteiger partial charge in [0.2, 0.25) is 12.7 Å². The number of likely N-dealkylation sites (tertiary alicyclic amines) is 1. The number of carbonyl (C=O) groups excluding carboxylic acids is 1. The highest BCUT2D eigenvalue weighted by molar-refractivity contribution is 7.80. The molecule has 1 aromatic carbocycles. The average Bonchev–Trinajstić information content (AvgIpc) is 3.55. The Morgan fingerprint density at radius 1 is 1.03 bits per heavy atom. The minimum Gasteiger partial charge on any atom is -0.493 e. The molecule has 2 aromatic rings. The molecule has 1 amide bonds. The van der Waals surface area contributed by atoms with Crippen molar-refractivity contribution >= 4 is 34.6 Å². The molecule has 0 aliphatic carbocycles. The third-order valence-electron chi connectivity index (χ3n) is 6.13. The number of nitrogens with one attached hydrogen (secondary N) is 3. The van der Waals surface area contributed by atoms with E-state index in [9.17, 15) is 4.79 Å². The Morgan fingerprint density at radius 3 is 2.75 bits per heavy atom. The summed E-state index contributed by atoms with van der Waals surface area (Å²) in [6.45, 7) is 6.16. The summed E-state index contributed by atoms with van der Waals surface area (Å²) in [7, 11) is 0. The summed E-state index contributed by atoms with van der Waals surface area (Å²) < 4.78 is 16.6. The molecule has 1 aromatic heterocycles. The van der Waals surface area contributed by atoms with Gasteiger partial charge in [0.15, 0.2) is 16.6 Å². The Bertz CT molecular complexity index is 994. The molecule has 0 radical (unpaired) electrons. The quantitative estimate of drug-likeness (QED) is 0.266. The van der Waals surface area contributed by atoms with Crippen LogP contribution >= 0.6 is 23.6 Å². The first-order valence-corrected chi connectivity index (χ1v) is 14.0. The van der Waals surface area contributed by atoms with Gasteiger partial charge in [0.1, 0.15) is 5.75 Å². The fourth-order valence-corrected chi connectivity index (χ4v) is 5.20. The topological polar surface area (TPSA) is 84.1 Å². The first-order valence-electron chi connectivity index (χ1n) is 12.8. The van der Waals surface area contributed by atoms with Crippen molar-refractivity contribution in [2.24, 2.45) is 0 Å². The van der Waals surface area contributed by atoms with Crippen molar-refractivity contribution in [2.75, 3.05) is 39.6 Å². The molecule has 8 nitrogen and oxygen atoms in total. The van der Waals surface area contributed by atoms with Crippen molar-refractivity contribution in [1.29, 1.82) is 0 Å². The minimum absolute atomic E-state index is 0.0513. The van der Waals surface area contributed by atoms with Crippen LogP contribution in [0.3, 0.4) is 0 Å². The standard InChI is InChI=1S/C26H36N4O4S2/c31-25(6-4-9-28-26(35)29-16-20-7-8-23-24(14-20)34-19-33-23)27-10-5-13-32-21-15-22(36-18-21)17-30-11-2-1-3-12-30/h7-8,14-15,18H,1-6,9-13,16-17,19H2,(H,27,31)(H2,28,29,35). The molecule has 196 valence electrons. The van der Waals surface area contributed by atoms with Crippen LogP contribution in [0, 0.1) is 0 Å². The molecule has 0 spiro atoms. The van der Waals surface area contributed by atoms with Crippen molar-refractivity contribution in [3.05, 3.63) is 40.1 Å². The number of hydrogen-bond donors (Lipinski definition) is 3. The lowest BCUT2D eigenvalue weighted by molar-refractivity contribution is -0.121. The molecule has 3 N–H and O–H groups in total. The maximum Gasteiger partial charge on any atom is 0.231 e. The van der Waals surface area contributed by atoms with Gasteiger partial charge in [0.25, 0.3) is 0 Å². The molecule has 2 aliphatic rings. The molecule has 10 heteroatoms. The highest BCUT2D eigenvalue weighted by Crippen LogP contribution is 2.32. The van der Waals surface area contributed by atoms with Crippen LogP contribution in [0.1, 0.15) is 49.0 Å². The molecule has 2 aliphatic heterocycles. The molecular formula is C26H36N4O4S2. The van der Waals surface area contributed by atoms with Gasteiger partial charge in [0.05, 0.1) is 6.61 Å². The van der Waals surface area contributed by atoms with E-state index in [1.807, 2.05) is 18.2 Å². The van der Waals surface area contributed by atoms with E-state index in [2.05, 4.69) is 32.3 Å². The smallest absolute Gasteiger partial charge is 0.231 e. The van der Waals surface area contributed by atoms with Crippen LogP contribution in [0.15, 0.2) is 29.6 Å².